The average molecular weight is 275 g/mol. The van der Waals surface area contributed by atoms with E-state index >= 15 is 0 Å². The van der Waals surface area contributed by atoms with Crippen molar-refractivity contribution in [3.05, 3.63) is 34.4 Å². The Morgan fingerprint density at radius 3 is 2.45 bits per heavy atom. The van der Waals surface area contributed by atoms with Crippen LogP contribution in [0.15, 0.2) is 12.1 Å². The van der Waals surface area contributed by atoms with Gasteiger partial charge in [0.1, 0.15) is 0 Å². The summed E-state index contributed by atoms with van der Waals surface area (Å²) in [6.45, 7) is 10.3. The number of benzene rings is 1. The summed E-state index contributed by atoms with van der Waals surface area (Å²) in [7, 11) is 0. The molecule has 2 atom stereocenters. The van der Waals surface area contributed by atoms with E-state index in [1.54, 1.807) is 0 Å². The summed E-state index contributed by atoms with van der Waals surface area (Å²) in [5, 5.41) is 9.23. The van der Waals surface area contributed by atoms with E-state index in [2.05, 4.69) is 44.7 Å². The molecule has 20 heavy (non-hydrogen) atoms. The highest BCUT2D eigenvalue weighted by Gasteiger charge is 2.29. The lowest BCUT2D eigenvalue weighted by Crippen LogP contribution is -2.40. The third kappa shape index (κ3) is 3.04. The van der Waals surface area contributed by atoms with Crippen molar-refractivity contribution in [2.75, 3.05) is 13.1 Å². The lowest BCUT2D eigenvalue weighted by Gasteiger charge is -2.36. The first-order valence-electron chi connectivity index (χ1n) is 7.44. The third-order valence-corrected chi connectivity index (χ3v) is 4.51. The molecule has 1 aliphatic rings. The van der Waals surface area contributed by atoms with Crippen LogP contribution in [0.25, 0.3) is 0 Å². The van der Waals surface area contributed by atoms with Crippen LogP contribution in [0.2, 0.25) is 0 Å². The molecule has 0 aromatic heterocycles. The highest BCUT2D eigenvalue weighted by atomic mass is 16.4. The number of carboxylic acid groups (broad SMARTS) is 1. The molecular weight excluding hydrogens is 250 g/mol. The number of piperidine rings is 1. The van der Waals surface area contributed by atoms with Crippen LogP contribution in [0, 0.1) is 26.7 Å². The van der Waals surface area contributed by atoms with E-state index in [4.69, 9.17) is 0 Å². The van der Waals surface area contributed by atoms with Crippen molar-refractivity contribution in [2.45, 2.75) is 46.6 Å². The van der Waals surface area contributed by atoms with Gasteiger partial charge in [-0.1, -0.05) is 17.7 Å². The molecule has 2 rings (SSSR count). The lowest BCUT2D eigenvalue weighted by atomic mass is 9.91. The summed E-state index contributed by atoms with van der Waals surface area (Å²) < 4.78 is 0. The van der Waals surface area contributed by atoms with E-state index in [-0.39, 0.29) is 12.0 Å². The zero-order valence-electron chi connectivity index (χ0n) is 12.9. The van der Waals surface area contributed by atoms with Crippen LogP contribution in [0.4, 0.5) is 0 Å². The maximum Gasteiger partial charge on any atom is 0.307 e. The van der Waals surface area contributed by atoms with Crippen molar-refractivity contribution < 1.29 is 9.90 Å². The summed E-state index contributed by atoms with van der Waals surface area (Å²) in [5.41, 5.74) is 5.28. The van der Waals surface area contributed by atoms with Gasteiger partial charge in [-0.3, -0.25) is 9.69 Å². The molecule has 110 valence electrons. The number of carboxylic acids is 1. The molecule has 1 N–H and O–H groups in total. The van der Waals surface area contributed by atoms with Crippen LogP contribution >= 0.6 is 0 Å². The fourth-order valence-corrected chi connectivity index (χ4v) is 3.59. The molecule has 0 bridgehead atoms. The number of aryl methyl sites for hydroxylation is 3. The first-order chi connectivity index (χ1) is 9.40. The minimum atomic E-state index is -0.653. The van der Waals surface area contributed by atoms with Gasteiger partial charge in [-0.2, -0.15) is 0 Å². The zero-order chi connectivity index (χ0) is 14.9. The fraction of sp³-hybridized carbons (Fsp3) is 0.588. The van der Waals surface area contributed by atoms with Crippen LogP contribution in [0.3, 0.4) is 0 Å². The summed E-state index contributed by atoms with van der Waals surface area (Å²) in [6, 6.07) is 4.73. The van der Waals surface area contributed by atoms with Gasteiger partial charge < -0.3 is 5.11 Å². The smallest absolute Gasteiger partial charge is 0.307 e. The standard InChI is InChI=1S/C17H25NO2/c1-11-8-12(2)16(13(3)9-11)14(4)18-7-5-6-15(10-18)17(19)20/h8-9,14-15H,5-7,10H2,1-4H3,(H,19,20). The molecular formula is C17H25NO2. The van der Waals surface area contributed by atoms with Gasteiger partial charge in [-0.25, -0.2) is 0 Å². The van der Waals surface area contributed by atoms with Crippen LogP contribution in [-0.2, 0) is 4.79 Å². The van der Waals surface area contributed by atoms with Crippen LogP contribution < -0.4 is 0 Å². The van der Waals surface area contributed by atoms with Gasteiger partial charge >= 0.3 is 5.97 Å². The number of rotatable bonds is 3. The Kier molecular flexibility index (Phi) is 4.48. The van der Waals surface area contributed by atoms with Crippen LogP contribution in [0.1, 0.15) is 48.1 Å². The van der Waals surface area contributed by atoms with E-state index < -0.39 is 5.97 Å². The van der Waals surface area contributed by atoms with Crippen molar-refractivity contribution in [2.24, 2.45) is 5.92 Å². The molecule has 1 aromatic rings. The van der Waals surface area contributed by atoms with Gasteiger partial charge in [-0.15, -0.1) is 0 Å². The fourth-order valence-electron chi connectivity index (χ4n) is 3.59. The SMILES string of the molecule is Cc1cc(C)c(C(C)N2CCCC(C(=O)O)C2)c(C)c1. The largest absolute Gasteiger partial charge is 0.481 e. The Balaban J connectivity index is 2.23. The number of likely N-dealkylation sites (tertiary alicyclic amines) is 1. The minimum Gasteiger partial charge on any atom is -0.481 e. The highest BCUT2D eigenvalue weighted by molar-refractivity contribution is 5.70. The van der Waals surface area contributed by atoms with Crippen molar-refractivity contribution >= 4 is 5.97 Å². The number of hydrogen-bond acceptors (Lipinski definition) is 2. The van der Waals surface area contributed by atoms with Crippen molar-refractivity contribution in [1.82, 2.24) is 4.90 Å². The molecule has 2 unspecified atom stereocenters. The molecule has 1 fully saturated rings. The normalized spacial score (nSPS) is 21.7. The van der Waals surface area contributed by atoms with Gasteiger partial charge in [0.2, 0.25) is 0 Å². The Labute approximate surface area is 121 Å². The lowest BCUT2D eigenvalue weighted by molar-refractivity contribution is -0.143. The summed E-state index contributed by atoms with van der Waals surface area (Å²) in [5.74, 6) is -0.864. The van der Waals surface area contributed by atoms with Crippen LogP contribution in [-0.4, -0.2) is 29.1 Å². The molecule has 3 nitrogen and oxygen atoms in total. The highest BCUT2D eigenvalue weighted by Crippen LogP contribution is 2.31. The topological polar surface area (TPSA) is 40.5 Å². The third-order valence-electron chi connectivity index (χ3n) is 4.51. The van der Waals surface area contributed by atoms with E-state index in [1.807, 2.05) is 0 Å². The van der Waals surface area contributed by atoms with Gasteiger partial charge in [0.15, 0.2) is 0 Å². The van der Waals surface area contributed by atoms with Crippen molar-refractivity contribution in [1.29, 1.82) is 0 Å². The maximum atomic E-state index is 11.2. The average Bonchev–Trinajstić information content (AvgIpc) is 2.37. The number of carbonyl (C=O) groups is 1. The molecule has 0 saturated carbocycles. The van der Waals surface area contributed by atoms with Crippen molar-refractivity contribution in [3.63, 3.8) is 0 Å². The second kappa shape index (κ2) is 5.96. The summed E-state index contributed by atoms with van der Waals surface area (Å²) >= 11 is 0. The molecule has 0 aliphatic carbocycles. The predicted octanol–water partition coefficient (Wildman–Crippen LogP) is 3.47. The summed E-state index contributed by atoms with van der Waals surface area (Å²) in [4.78, 5) is 13.5. The molecule has 0 amide bonds. The molecule has 1 heterocycles. The first-order valence-corrected chi connectivity index (χ1v) is 7.44. The number of hydrogen-bond donors (Lipinski definition) is 1. The van der Waals surface area contributed by atoms with Gasteiger partial charge in [0.05, 0.1) is 5.92 Å². The second-order valence-electron chi connectivity index (χ2n) is 6.16. The Morgan fingerprint density at radius 1 is 1.30 bits per heavy atom. The molecule has 1 aliphatic heterocycles. The summed E-state index contributed by atoms with van der Waals surface area (Å²) in [6.07, 6.45) is 1.79. The van der Waals surface area contributed by atoms with Gasteiger partial charge in [-0.05, 0) is 63.8 Å². The molecule has 0 spiro atoms. The molecule has 0 radical (unpaired) electrons. The maximum absolute atomic E-state index is 11.2. The minimum absolute atomic E-state index is 0.211. The first kappa shape index (κ1) is 15.0. The monoisotopic (exact) mass is 275 g/mol. The Bertz CT molecular complexity index is 487. The van der Waals surface area contributed by atoms with Crippen molar-refractivity contribution in [3.8, 4) is 0 Å². The molecule has 3 heteroatoms. The predicted molar refractivity (Wildman–Crippen MR) is 81.0 cm³/mol. The Morgan fingerprint density at radius 2 is 1.90 bits per heavy atom. The quantitative estimate of drug-likeness (QED) is 0.918. The van der Waals surface area contributed by atoms with Crippen LogP contribution in [0.5, 0.6) is 0 Å². The number of nitrogens with zero attached hydrogens (tertiary/aromatic N) is 1. The van der Waals surface area contributed by atoms with E-state index in [9.17, 15) is 9.90 Å². The van der Waals surface area contributed by atoms with E-state index in [1.165, 1.54) is 22.3 Å². The number of aliphatic carboxylic acids is 1. The molecule has 1 aromatic carbocycles. The van der Waals surface area contributed by atoms with E-state index in [0.29, 0.717) is 6.54 Å². The zero-order valence-corrected chi connectivity index (χ0v) is 12.9. The Hall–Kier alpha value is -1.35. The van der Waals surface area contributed by atoms with E-state index in [0.717, 1.165) is 19.4 Å². The molecule has 1 saturated heterocycles. The second-order valence-corrected chi connectivity index (χ2v) is 6.16. The van der Waals surface area contributed by atoms with Gasteiger partial charge in [0, 0.05) is 12.6 Å². The van der Waals surface area contributed by atoms with Gasteiger partial charge in [0.25, 0.3) is 0 Å².